The summed E-state index contributed by atoms with van der Waals surface area (Å²) in [4.78, 5) is 2.16. The van der Waals surface area contributed by atoms with Gasteiger partial charge in [-0.05, 0) is 37.7 Å². The zero-order valence-corrected chi connectivity index (χ0v) is 13.5. The third kappa shape index (κ3) is 3.89. The van der Waals surface area contributed by atoms with E-state index in [0.717, 1.165) is 30.0 Å². The van der Waals surface area contributed by atoms with E-state index in [-0.39, 0.29) is 0 Å². The van der Waals surface area contributed by atoms with Gasteiger partial charge in [-0.25, -0.2) is 0 Å². The number of aromatic nitrogens is 2. The van der Waals surface area contributed by atoms with Crippen molar-refractivity contribution in [1.82, 2.24) is 15.1 Å². The van der Waals surface area contributed by atoms with E-state index in [2.05, 4.69) is 15.1 Å². The largest absolute Gasteiger partial charge is 0.493 e. The van der Waals surface area contributed by atoms with Gasteiger partial charge < -0.3 is 9.47 Å². The minimum Gasteiger partial charge on any atom is -0.493 e. The van der Waals surface area contributed by atoms with Crippen LogP contribution in [0.15, 0.2) is 18.2 Å². The number of nitrogens with zero attached hydrogens (tertiary/aromatic N) is 2. The Morgan fingerprint density at radius 2 is 1.95 bits per heavy atom. The van der Waals surface area contributed by atoms with Gasteiger partial charge in [0.1, 0.15) is 0 Å². The zero-order chi connectivity index (χ0) is 15.4. The number of hydrogen-bond acceptors (Lipinski definition) is 4. The molecule has 0 saturated heterocycles. The maximum Gasteiger partial charge on any atom is 0.179 e. The maximum absolute atomic E-state index is 6.22. The molecule has 0 aliphatic carbocycles. The van der Waals surface area contributed by atoms with E-state index >= 15 is 0 Å². The van der Waals surface area contributed by atoms with Crippen LogP contribution in [0.4, 0.5) is 0 Å². The van der Waals surface area contributed by atoms with Crippen molar-refractivity contribution in [2.24, 2.45) is 0 Å². The number of rotatable bonds is 6. The van der Waals surface area contributed by atoms with Gasteiger partial charge in [0.15, 0.2) is 11.5 Å². The Bertz CT molecular complexity index is 613. The number of aromatic amines is 1. The van der Waals surface area contributed by atoms with E-state index in [1.807, 2.05) is 32.2 Å². The number of H-pyrrole nitrogens is 1. The Morgan fingerprint density at radius 3 is 2.52 bits per heavy atom. The summed E-state index contributed by atoms with van der Waals surface area (Å²) in [5.41, 5.74) is 3.14. The van der Waals surface area contributed by atoms with Crippen molar-refractivity contribution in [3.63, 3.8) is 0 Å². The van der Waals surface area contributed by atoms with E-state index in [1.54, 1.807) is 14.2 Å². The summed E-state index contributed by atoms with van der Waals surface area (Å²) in [6.45, 7) is 3.49. The highest BCUT2D eigenvalue weighted by molar-refractivity contribution is 6.32. The molecule has 0 aliphatic heterocycles. The first kappa shape index (κ1) is 15.7. The summed E-state index contributed by atoms with van der Waals surface area (Å²) in [5.74, 6) is 1.21. The summed E-state index contributed by atoms with van der Waals surface area (Å²) in [6.07, 6.45) is 0. The lowest BCUT2D eigenvalue weighted by Crippen LogP contribution is -2.17. The van der Waals surface area contributed by atoms with Crippen LogP contribution < -0.4 is 9.47 Å². The summed E-state index contributed by atoms with van der Waals surface area (Å²) < 4.78 is 10.6. The highest BCUT2D eigenvalue weighted by Gasteiger charge is 2.12. The van der Waals surface area contributed by atoms with E-state index < -0.39 is 0 Å². The van der Waals surface area contributed by atoms with Crippen molar-refractivity contribution in [2.75, 3.05) is 21.3 Å². The van der Waals surface area contributed by atoms with Crippen LogP contribution in [0.1, 0.15) is 17.0 Å². The molecule has 5 nitrogen and oxygen atoms in total. The van der Waals surface area contributed by atoms with E-state index in [9.17, 15) is 0 Å². The molecule has 1 heterocycles. The van der Waals surface area contributed by atoms with Gasteiger partial charge in [0.2, 0.25) is 0 Å². The van der Waals surface area contributed by atoms with Crippen molar-refractivity contribution in [3.8, 4) is 11.5 Å². The van der Waals surface area contributed by atoms with Gasteiger partial charge in [-0.1, -0.05) is 11.6 Å². The van der Waals surface area contributed by atoms with Gasteiger partial charge in [-0.3, -0.25) is 10.00 Å². The molecule has 1 aromatic heterocycles. The van der Waals surface area contributed by atoms with E-state index in [0.29, 0.717) is 16.5 Å². The smallest absolute Gasteiger partial charge is 0.179 e. The van der Waals surface area contributed by atoms with Gasteiger partial charge in [0.05, 0.1) is 24.9 Å². The quantitative estimate of drug-likeness (QED) is 0.891. The molecular weight excluding hydrogens is 290 g/mol. The topological polar surface area (TPSA) is 50.4 Å². The molecular formula is C15H20ClN3O2. The van der Waals surface area contributed by atoms with Crippen LogP contribution in [0.3, 0.4) is 0 Å². The SMILES string of the molecule is COc1cc(CN(C)Cc2cc(C)[nH]n2)cc(Cl)c1OC. The van der Waals surface area contributed by atoms with Gasteiger partial charge in [0.25, 0.3) is 0 Å². The van der Waals surface area contributed by atoms with Crippen molar-refractivity contribution in [1.29, 1.82) is 0 Å². The Morgan fingerprint density at radius 1 is 1.19 bits per heavy atom. The predicted octanol–water partition coefficient (Wildman–Crippen LogP) is 3.02. The van der Waals surface area contributed by atoms with Crippen LogP contribution in [-0.2, 0) is 13.1 Å². The minimum absolute atomic E-state index is 0.552. The average Bonchev–Trinajstić information content (AvgIpc) is 2.83. The lowest BCUT2D eigenvalue weighted by atomic mass is 10.2. The third-order valence-electron chi connectivity index (χ3n) is 3.14. The lowest BCUT2D eigenvalue weighted by molar-refractivity contribution is 0.312. The first-order chi connectivity index (χ1) is 10.0. The number of methoxy groups -OCH3 is 2. The lowest BCUT2D eigenvalue weighted by Gasteiger charge is -2.17. The molecule has 0 fully saturated rings. The molecule has 0 amide bonds. The molecule has 0 unspecified atom stereocenters. The molecule has 0 spiro atoms. The molecule has 114 valence electrons. The second-order valence-electron chi connectivity index (χ2n) is 5.03. The third-order valence-corrected chi connectivity index (χ3v) is 3.42. The van der Waals surface area contributed by atoms with Gasteiger partial charge in [-0.15, -0.1) is 0 Å². The fourth-order valence-corrected chi connectivity index (χ4v) is 2.57. The molecule has 21 heavy (non-hydrogen) atoms. The van der Waals surface area contributed by atoms with E-state index in [4.69, 9.17) is 21.1 Å². The average molecular weight is 310 g/mol. The van der Waals surface area contributed by atoms with Crippen molar-refractivity contribution < 1.29 is 9.47 Å². The van der Waals surface area contributed by atoms with Crippen molar-refractivity contribution in [2.45, 2.75) is 20.0 Å². The standard InChI is InChI=1S/C15H20ClN3O2/c1-10-5-12(18-17-10)9-19(2)8-11-6-13(16)15(21-4)14(7-11)20-3/h5-7H,8-9H2,1-4H3,(H,17,18). The first-order valence-corrected chi connectivity index (χ1v) is 7.01. The summed E-state index contributed by atoms with van der Waals surface area (Å²) in [5, 5.41) is 7.74. The van der Waals surface area contributed by atoms with Crippen molar-refractivity contribution in [3.05, 3.63) is 40.2 Å². The number of benzene rings is 1. The highest BCUT2D eigenvalue weighted by Crippen LogP contribution is 2.36. The molecule has 6 heteroatoms. The van der Waals surface area contributed by atoms with E-state index in [1.165, 1.54) is 0 Å². The Balaban J connectivity index is 2.10. The second kappa shape index (κ2) is 6.83. The zero-order valence-electron chi connectivity index (χ0n) is 12.7. The molecule has 0 radical (unpaired) electrons. The Hall–Kier alpha value is -1.72. The van der Waals surface area contributed by atoms with Crippen LogP contribution in [0.5, 0.6) is 11.5 Å². The second-order valence-corrected chi connectivity index (χ2v) is 5.43. The van der Waals surface area contributed by atoms with Gasteiger partial charge in [-0.2, -0.15) is 5.10 Å². The number of hydrogen-bond donors (Lipinski definition) is 1. The normalized spacial score (nSPS) is 11.0. The summed E-state index contributed by atoms with van der Waals surface area (Å²) in [6, 6.07) is 5.88. The number of ether oxygens (including phenoxy) is 2. The van der Waals surface area contributed by atoms with Crippen LogP contribution in [0.2, 0.25) is 5.02 Å². The molecule has 0 saturated carbocycles. The molecule has 2 aromatic rings. The monoisotopic (exact) mass is 309 g/mol. The number of halogens is 1. The molecule has 1 aromatic carbocycles. The fourth-order valence-electron chi connectivity index (χ4n) is 2.26. The maximum atomic E-state index is 6.22. The van der Waals surface area contributed by atoms with Gasteiger partial charge in [0, 0.05) is 18.8 Å². The van der Waals surface area contributed by atoms with Crippen LogP contribution in [0, 0.1) is 6.92 Å². The minimum atomic E-state index is 0.552. The summed E-state index contributed by atoms with van der Waals surface area (Å²) in [7, 11) is 5.22. The molecule has 2 rings (SSSR count). The Labute approximate surface area is 129 Å². The van der Waals surface area contributed by atoms with Gasteiger partial charge >= 0.3 is 0 Å². The predicted molar refractivity (Wildman–Crippen MR) is 83.1 cm³/mol. The molecule has 0 aliphatic rings. The highest BCUT2D eigenvalue weighted by atomic mass is 35.5. The fraction of sp³-hybridized carbons (Fsp3) is 0.400. The van der Waals surface area contributed by atoms with Crippen molar-refractivity contribution >= 4 is 11.6 Å². The van der Waals surface area contributed by atoms with Crippen LogP contribution in [0.25, 0.3) is 0 Å². The molecule has 0 bridgehead atoms. The molecule has 1 N–H and O–H groups in total. The Kier molecular flexibility index (Phi) is 5.09. The van der Waals surface area contributed by atoms with Crippen LogP contribution >= 0.6 is 11.6 Å². The molecule has 0 atom stereocenters. The number of aryl methyl sites for hydroxylation is 1. The first-order valence-electron chi connectivity index (χ1n) is 6.63. The van der Waals surface area contributed by atoms with Crippen LogP contribution in [-0.4, -0.2) is 36.4 Å². The summed E-state index contributed by atoms with van der Waals surface area (Å²) >= 11 is 6.22. The number of nitrogens with one attached hydrogen (secondary N) is 1.